The van der Waals surface area contributed by atoms with Crippen molar-refractivity contribution in [2.24, 2.45) is 5.73 Å². The van der Waals surface area contributed by atoms with Crippen LogP contribution >= 0.6 is 12.6 Å². The Kier molecular flexibility index (Phi) is 7.72. The van der Waals surface area contributed by atoms with Gasteiger partial charge in [0.2, 0.25) is 11.8 Å². The quantitative estimate of drug-likeness (QED) is 0.232. The zero-order valence-corrected chi connectivity index (χ0v) is 9.79. The molecule has 0 aliphatic carbocycles. The number of ether oxygens (including phenoxy) is 1. The summed E-state index contributed by atoms with van der Waals surface area (Å²) in [6.45, 7) is -1.16. The molecule has 2 amide bonds. The maximum Gasteiger partial charge on any atom is 0.333 e. The van der Waals surface area contributed by atoms with Gasteiger partial charge in [-0.3, -0.25) is 9.59 Å². The zero-order valence-electron chi connectivity index (χ0n) is 8.89. The van der Waals surface area contributed by atoms with Crippen molar-refractivity contribution in [3.63, 3.8) is 0 Å². The van der Waals surface area contributed by atoms with Crippen molar-refractivity contribution in [1.82, 2.24) is 10.6 Å². The molecule has 0 saturated heterocycles. The second kappa shape index (κ2) is 8.53. The monoisotopic (exact) mass is 263 g/mol. The Morgan fingerprint density at radius 2 is 1.47 bits per heavy atom. The average Bonchev–Trinajstić information content (AvgIpc) is 2.32. The molecule has 0 fully saturated rings. The smallest absolute Gasteiger partial charge is 0.333 e. The molecular formula is C8H13N3O5S. The molecule has 0 aromatic heterocycles. The Morgan fingerprint density at radius 3 is 1.88 bits per heavy atom. The van der Waals surface area contributed by atoms with Gasteiger partial charge < -0.3 is 21.1 Å². The van der Waals surface area contributed by atoms with Crippen LogP contribution in [0.15, 0.2) is 0 Å². The molecule has 0 radical (unpaired) electrons. The number of rotatable bonds is 6. The predicted octanol–water partition coefficient (Wildman–Crippen LogP) is -2.82. The van der Waals surface area contributed by atoms with Crippen LogP contribution in [0.25, 0.3) is 0 Å². The number of nitrogens with one attached hydrogen (secondary N) is 2. The first kappa shape index (κ1) is 15.4. The van der Waals surface area contributed by atoms with Crippen molar-refractivity contribution in [2.75, 3.05) is 25.4 Å². The molecule has 0 aliphatic rings. The van der Waals surface area contributed by atoms with Crippen LogP contribution < -0.4 is 16.4 Å². The third kappa shape index (κ3) is 8.22. The summed E-state index contributed by atoms with van der Waals surface area (Å²) >= 11 is 3.66. The van der Waals surface area contributed by atoms with Crippen molar-refractivity contribution in [3.05, 3.63) is 0 Å². The lowest BCUT2D eigenvalue weighted by atomic mass is 10.5. The third-order valence-corrected chi connectivity index (χ3v) is 1.70. The first-order chi connectivity index (χ1) is 7.99. The molecule has 0 bridgehead atoms. The van der Waals surface area contributed by atoms with E-state index in [0.29, 0.717) is 0 Å². The highest BCUT2D eigenvalue weighted by Gasteiger charge is 2.11. The summed E-state index contributed by atoms with van der Waals surface area (Å²) < 4.78 is 4.27. The molecule has 0 aromatic rings. The van der Waals surface area contributed by atoms with Gasteiger partial charge in [0.05, 0.1) is 12.3 Å². The molecule has 8 nitrogen and oxygen atoms in total. The van der Waals surface area contributed by atoms with Crippen molar-refractivity contribution in [2.45, 2.75) is 0 Å². The van der Waals surface area contributed by atoms with E-state index in [9.17, 15) is 19.2 Å². The Morgan fingerprint density at radius 1 is 1.00 bits per heavy atom. The van der Waals surface area contributed by atoms with E-state index in [2.05, 4.69) is 28.0 Å². The largest absolute Gasteiger partial charge is 0.390 e. The first-order valence-corrected chi connectivity index (χ1v) is 5.20. The molecule has 0 spiro atoms. The highest BCUT2D eigenvalue weighted by molar-refractivity contribution is 7.81. The van der Waals surface area contributed by atoms with Gasteiger partial charge in [0.25, 0.3) is 0 Å². The maximum absolute atomic E-state index is 11.0. The number of thiol groups is 1. The second-order valence-corrected chi connectivity index (χ2v) is 3.08. The van der Waals surface area contributed by atoms with Gasteiger partial charge >= 0.3 is 11.9 Å². The highest BCUT2D eigenvalue weighted by Crippen LogP contribution is 1.80. The molecule has 9 heteroatoms. The van der Waals surface area contributed by atoms with Crippen LogP contribution in [0.2, 0.25) is 0 Å². The summed E-state index contributed by atoms with van der Waals surface area (Å²) in [6, 6.07) is 0. The summed E-state index contributed by atoms with van der Waals surface area (Å²) in [6.07, 6.45) is 0. The van der Waals surface area contributed by atoms with Gasteiger partial charge in [-0.05, 0) is 0 Å². The van der Waals surface area contributed by atoms with Gasteiger partial charge in [-0.15, -0.1) is 0 Å². The SMILES string of the molecule is NCC(=O)NCC(=O)OC(=O)CNC(=O)CS. The van der Waals surface area contributed by atoms with Gasteiger partial charge in [-0.25, -0.2) is 9.59 Å². The van der Waals surface area contributed by atoms with Crippen LogP contribution in [0, 0.1) is 0 Å². The van der Waals surface area contributed by atoms with Crippen LogP contribution in [0.1, 0.15) is 0 Å². The number of hydrogen-bond donors (Lipinski definition) is 4. The molecule has 0 rings (SSSR count). The van der Waals surface area contributed by atoms with Gasteiger partial charge in [0.15, 0.2) is 0 Å². The van der Waals surface area contributed by atoms with E-state index >= 15 is 0 Å². The lowest BCUT2D eigenvalue weighted by molar-refractivity contribution is -0.159. The Bertz CT molecular complexity index is 290. The minimum Gasteiger partial charge on any atom is -0.390 e. The zero-order chi connectivity index (χ0) is 13.3. The molecule has 17 heavy (non-hydrogen) atoms. The summed E-state index contributed by atoms with van der Waals surface area (Å²) in [7, 11) is 0. The van der Waals surface area contributed by atoms with E-state index in [0.717, 1.165) is 0 Å². The highest BCUT2D eigenvalue weighted by atomic mass is 32.1. The Balaban J connectivity index is 3.77. The lowest BCUT2D eigenvalue weighted by Gasteiger charge is -2.04. The third-order valence-electron chi connectivity index (χ3n) is 1.42. The summed E-state index contributed by atoms with van der Waals surface area (Å²) in [5.74, 6) is -2.94. The summed E-state index contributed by atoms with van der Waals surface area (Å²) in [5.41, 5.74) is 4.97. The molecule has 96 valence electrons. The maximum atomic E-state index is 11.0. The molecule has 0 heterocycles. The van der Waals surface area contributed by atoms with Crippen LogP contribution in [0.4, 0.5) is 0 Å². The fraction of sp³-hybridized carbons (Fsp3) is 0.500. The van der Waals surface area contributed by atoms with Gasteiger partial charge in [-0.1, -0.05) is 0 Å². The van der Waals surface area contributed by atoms with Crippen molar-refractivity contribution in [1.29, 1.82) is 0 Å². The topological polar surface area (TPSA) is 128 Å². The fourth-order valence-electron chi connectivity index (χ4n) is 0.669. The van der Waals surface area contributed by atoms with Gasteiger partial charge in [0.1, 0.15) is 13.1 Å². The number of carbonyl (C=O) groups is 4. The first-order valence-electron chi connectivity index (χ1n) is 4.57. The summed E-state index contributed by atoms with van der Waals surface area (Å²) in [5, 5.41) is 4.29. The predicted molar refractivity (Wildman–Crippen MR) is 60.0 cm³/mol. The molecule has 0 saturated carbocycles. The molecule has 0 atom stereocenters. The van der Waals surface area contributed by atoms with Crippen molar-refractivity contribution >= 4 is 36.4 Å². The summed E-state index contributed by atoms with van der Waals surface area (Å²) in [4.78, 5) is 43.3. The van der Waals surface area contributed by atoms with E-state index in [-0.39, 0.29) is 12.3 Å². The van der Waals surface area contributed by atoms with Crippen LogP contribution in [0.3, 0.4) is 0 Å². The van der Waals surface area contributed by atoms with E-state index in [1.165, 1.54) is 0 Å². The standard InChI is InChI=1S/C8H13N3O5S/c9-1-5(12)10-2-7(14)16-8(15)3-11-6(13)4-17/h17H,1-4,9H2,(H,10,12)(H,11,13). The molecule has 0 aromatic carbocycles. The Labute approximate surface area is 103 Å². The minimum absolute atomic E-state index is 0.0756. The number of amides is 2. The van der Waals surface area contributed by atoms with E-state index in [1.807, 2.05) is 0 Å². The number of carbonyl (C=O) groups excluding carboxylic acids is 4. The molecular weight excluding hydrogens is 250 g/mol. The second-order valence-electron chi connectivity index (χ2n) is 2.76. The van der Waals surface area contributed by atoms with E-state index in [4.69, 9.17) is 5.73 Å². The minimum atomic E-state index is -0.933. The normalized spacial score (nSPS) is 9.29. The van der Waals surface area contributed by atoms with Crippen LogP contribution in [-0.4, -0.2) is 49.1 Å². The van der Waals surface area contributed by atoms with Crippen LogP contribution in [0.5, 0.6) is 0 Å². The van der Waals surface area contributed by atoms with Crippen LogP contribution in [-0.2, 0) is 23.9 Å². The number of hydrogen-bond acceptors (Lipinski definition) is 7. The molecule has 0 unspecified atom stereocenters. The van der Waals surface area contributed by atoms with Gasteiger partial charge in [0, 0.05) is 0 Å². The molecule has 0 aliphatic heterocycles. The van der Waals surface area contributed by atoms with E-state index < -0.39 is 36.8 Å². The lowest BCUT2D eigenvalue weighted by Crippen LogP contribution is -2.37. The number of nitrogens with two attached hydrogens (primary N) is 1. The van der Waals surface area contributed by atoms with Gasteiger partial charge in [-0.2, -0.15) is 12.6 Å². The Hall–Kier alpha value is -1.61. The number of esters is 2. The molecule has 4 N–H and O–H groups in total. The van der Waals surface area contributed by atoms with Crippen molar-refractivity contribution < 1.29 is 23.9 Å². The fourth-order valence-corrected chi connectivity index (χ4v) is 0.781. The van der Waals surface area contributed by atoms with Crippen molar-refractivity contribution in [3.8, 4) is 0 Å². The average molecular weight is 263 g/mol. The van der Waals surface area contributed by atoms with E-state index in [1.54, 1.807) is 0 Å².